The Labute approximate surface area is 175 Å². The third kappa shape index (κ3) is 4.52. The summed E-state index contributed by atoms with van der Waals surface area (Å²) in [6.45, 7) is 3.92. The Morgan fingerprint density at radius 2 is 2.03 bits per heavy atom. The van der Waals surface area contributed by atoms with Gasteiger partial charge in [0.2, 0.25) is 5.91 Å². The molecule has 9 nitrogen and oxygen atoms in total. The number of carbonyl (C=O) groups is 2. The molecule has 2 saturated heterocycles. The summed E-state index contributed by atoms with van der Waals surface area (Å²) in [6.07, 6.45) is 3.13. The summed E-state index contributed by atoms with van der Waals surface area (Å²) in [5.41, 5.74) is 0.708. The number of anilines is 2. The number of hydrogen-bond donors (Lipinski definition) is 2. The zero-order chi connectivity index (χ0) is 20.4. The molecule has 0 unspecified atom stereocenters. The highest BCUT2D eigenvalue weighted by atomic mass is 32.1. The van der Waals surface area contributed by atoms with Gasteiger partial charge in [-0.15, -0.1) is 0 Å². The highest BCUT2D eigenvalue weighted by Gasteiger charge is 2.35. The van der Waals surface area contributed by atoms with Crippen LogP contribution in [0.25, 0.3) is 0 Å². The molecular formula is C19H26N6O3S. The molecular weight excluding hydrogens is 392 g/mol. The summed E-state index contributed by atoms with van der Waals surface area (Å²) in [7, 11) is 1.74. The lowest BCUT2D eigenvalue weighted by Crippen LogP contribution is -2.49. The first-order valence-electron chi connectivity index (χ1n) is 9.98. The van der Waals surface area contributed by atoms with Gasteiger partial charge in [-0.3, -0.25) is 9.69 Å². The molecule has 1 aromatic heterocycles. The first-order valence-corrected chi connectivity index (χ1v) is 10.4. The van der Waals surface area contributed by atoms with Crippen LogP contribution in [0.15, 0.2) is 18.3 Å². The van der Waals surface area contributed by atoms with Crippen molar-refractivity contribution in [3.63, 3.8) is 0 Å². The van der Waals surface area contributed by atoms with E-state index >= 15 is 0 Å². The van der Waals surface area contributed by atoms with Crippen molar-refractivity contribution < 1.29 is 14.3 Å². The zero-order valence-corrected chi connectivity index (χ0v) is 17.3. The number of amides is 2. The fraction of sp³-hybridized carbons (Fsp3) is 0.579. The van der Waals surface area contributed by atoms with E-state index in [1.807, 2.05) is 17.0 Å². The number of aromatic nitrogens is 1. The van der Waals surface area contributed by atoms with Gasteiger partial charge in [0.15, 0.2) is 5.11 Å². The fourth-order valence-corrected chi connectivity index (χ4v) is 3.69. The van der Waals surface area contributed by atoms with Crippen molar-refractivity contribution in [2.24, 2.45) is 5.92 Å². The summed E-state index contributed by atoms with van der Waals surface area (Å²) in [5.74, 6) is 1.43. The molecule has 3 aliphatic rings. The molecule has 2 amide bonds. The van der Waals surface area contributed by atoms with E-state index in [-0.39, 0.29) is 18.1 Å². The van der Waals surface area contributed by atoms with Gasteiger partial charge in [-0.25, -0.2) is 9.78 Å². The molecule has 10 heteroatoms. The van der Waals surface area contributed by atoms with Crippen molar-refractivity contribution >= 4 is 40.8 Å². The highest BCUT2D eigenvalue weighted by Crippen LogP contribution is 2.31. The Morgan fingerprint density at radius 1 is 1.28 bits per heavy atom. The Balaban J connectivity index is 1.30. The van der Waals surface area contributed by atoms with Gasteiger partial charge >= 0.3 is 6.09 Å². The van der Waals surface area contributed by atoms with Crippen LogP contribution in [0.2, 0.25) is 0 Å². The number of piperazine rings is 1. The second-order valence-electron chi connectivity index (χ2n) is 7.54. The molecule has 0 spiro atoms. The molecule has 3 fully saturated rings. The smallest absolute Gasteiger partial charge is 0.414 e. The molecule has 1 atom stereocenters. The van der Waals surface area contributed by atoms with Gasteiger partial charge < -0.3 is 25.2 Å². The maximum absolute atomic E-state index is 12.2. The normalized spacial score (nSPS) is 21.8. The maximum atomic E-state index is 12.2. The third-order valence-electron chi connectivity index (χ3n) is 5.48. The number of pyridine rings is 1. The van der Waals surface area contributed by atoms with Gasteiger partial charge in [-0.05, 0) is 37.2 Å². The first-order chi connectivity index (χ1) is 14.0. The van der Waals surface area contributed by atoms with Gasteiger partial charge in [-0.2, -0.15) is 0 Å². The van der Waals surface area contributed by atoms with E-state index in [0.717, 1.165) is 44.8 Å². The van der Waals surface area contributed by atoms with Gasteiger partial charge in [0.25, 0.3) is 0 Å². The Bertz CT molecular complexity index is 777. The van der Waals surface area contributed by atoms with Gasteiger partial charge in [0, 0.05) is 39.1 Å². The molecule has 4 rings (SSSR count). The monoisotopic (exact) mass is 418 g/mol. The van der Waals surface area contributed by atoms with E-state index in [9.17, 15) is 9.59 Å². The van der Waals surface area contributed by atoms with Crippen molar-refractivity contribution in [2.75, 3.05) is 56.1 Å². The average molecular weight is 419 g/mol. The van der Waals surface area contributed by atoms with E-state index in [4.69, 9.17) is 17.0 Å². The standard InChI is InChI=1S/C19H26N6O3S/c1-20-18(29)22-11-15-12-25(19(27)28-15)14-4-5-16(21-10-14)23-6-8-24(9-7-23)17(26)13-2-3-13/h4-5,10,13,15H,2-3,6-9,11-12H2,1H3,(H2,20,22,29)/t15-/m0/s1. The molecule has 0 radical (unpaired) electrons. The van der Waals surface area contributed by atoms with Crippen molar-refractivity contribution in [1.82, 2.24) is 20.5 Å². The zero-order valence-electron chi connectivity index (χ0n) is 16.5. The molecule has 3 heterocycles. The Kier molecular flexibility index (Phi) is 5.70. The number of rotatable bonds is 5. The molecule has 1 aliphatic carbocycles. The Morgan fingerprint density at radius 3 is 2.66 bits per heavy atom. The maximum Gasteiger partial charge on any atom is 0.414 e. The SMILES string of the molecule is CNC(=S)NC[C@H]1CN(c2ccc(N3CCN(C(=O)C4CC4)CC3)nc2)C(=O)O1. The van der Waals surface area contributed by atoms with Crippen LogP contribution < -0.4 is 20.4 Å². The van der Waals surface area contributed by atoms with Gasteiger partial charge in [0.1, 0.15) is 11.9 Å². The molecule has 1 saturated carbocycles. The molecule has 0 aromatic carbocycles. The minimum absolute atomic E-state index is 0.270. The molecule has 156 valence electrons. The lowest BCUT2D eigenvalue weighted by atomic mass is 10.2. The number of thiocarbonyl (C=S) groups is 1. The second kappa shape index (κ2) is 8.40. The number of nitrogens with one attached hydrogen (secondary N) is 2. The van der Waals surface area contributed by atoms with Gasteiger partial charge in [-0.1, -0.05) is 0 Å². The van der Waals surface area contributed by atoms with Crippen LogP contribution in [-0.4, -0.2) is 79.4 Å². The average Bonchev–Trinajstić information content (AvgIpc) is 3.54. The fourth-order valence-electron chi connectivity index (χ4n) is 3.60. The van der Waals surface area contributed by atoms with Crippen molar-refractivity contribution in [1.29, 1.82) is 0 Å². The van der Waals surface area contributed by atoms with E-state index in [1.54, 1.807) is 18.1 Å². The largest absolute Gasteiger partial charge is 0.442 e. The van der Waals surface area contributed by atoms with Gasteiger partial charge in [0.05, 0.1) is 25.0 Å². The van der Waals surface area contributed by atoms with Crippen molar-refractivity contribution in [2.45, 2.75) is 18.9 Å². The number of carbonyl (C=O) groups excluding carboxylic acids is 2. The predicted molar refractivity (Wildman–Crippen MR) is 113 cm³/mol. The van der Waals surface area contributed by atoms with E-state index in [2.05, 4.69) is 20.5 Å². The molecule has 2 N–H and O–H groups in total. The summed E-state index contributed by atoms with van der Waals surface area (Å²) in [6, 6.07) is 3.81. The second-order valence-corrected chi connectivity index (χ2v) is 7.95. The van der Waals surface area contributed by atoms with E-state index < -0.39 is 0 Å². The van der Waals surface area contributed by atoms with Crippen molar-refractivity contribution in [3.8, 4) is 0 Å². The van der Waals surface area contributed by atoms with Crippen LogP contribution in [-0.2, 0) is 9.53 Å². The molecule has 2 aliphatic heterocycles. The lowest BCUT2D eigenvalue weighted by molar-refractivity contribution is -0.132. The van der Waals surface area contributed by atoms with Crippen LogP contribution in [0.5, 0.6) is 0 Å². The number of ether oxygens (including phenoxy) is 1. The molecule has 0 bridgehead atoms. The quantitative estimate of drug-likeness (QED) is 0.671. The van der Waals surface area contributed by atoms with E-state index in [0.29, 0.717) is 29.8 Å². The van der Waals surface area contributed by atoms with Crippen LogP contribution in [0.3, 0.4) is 0 Å². The number of cyclic esters (lactones) is 1. The first kappa shape index (κ1) is 19.7. The summed E-state index contributed by atoms with van der Waals surface area (Å²) >= 11 is 5.04. The van der Waals surface area contributed by atoms with Crippen LogP contribution in [0, 0.1) is 5.92 Å². The van der Waals surface area contributed by atoms with Crippen LogP contribution in [0.1, 0.15) is 12.8 Å². The van der Waals surface area contributed by atoms with Crippen LogP contribution >= 0.6 is 12.2 Å². The summed E-state index contributed by atoms with van der Waals surface area (Å²) in [5, 5.41) is 6.35. The topological polar surface area (TPSA) is 90.0 Å². The van der Waals surface area contributed by atoms with E-state index in [1.165, 1.54) is 0 Å². The molecule has 1 aromatic rings. The molecule has 29 heavy (non-hydrogen) atoms. The predicted octanol–water partition coefficient (Wildman–Crippen LogP) is 0.559. The lowest BCUT2D eigenvalue weighted by Gasteiger charge is -2.35. The number of hydrogen-bond acceptors (Lipinski definition) is 6. The van der Waals surface area contributed by atoms with Crippen molar-refractivity contribution in [3.05, 3.63) is 18.3 Å². The highest BCUT2D eigenvalue weighted by molar-refractivity contribution is 7.80. The Hall–Kier alpha value is -2.62. The third-order valence-corrected chi connectivity index (χ3v) is 5.83. The summed E-state index contributed by atoms with van der Waals surface area (Å²) in [4.78, 5) is 34.6. The minimum atomic E-state index is -0.381. The number of nitrogens with zero attached hydrogens (tertiary/aromatic N) is 4. The van der Waals surface area contributed by atoms with Crippen LogP contribution in [0.4, 0.5) is 16.3 Å². The minimum Gasteiger partial charge on any atom is -0.442 e. The summed E-state index contributed by atoms with van der Waals surface area (Å²) < 4.78 is 5.39.